The van der Waals surface area contributed by atoms with Gasteiger partial charge in [0.2, 0.25) is 5.95 Å². The van der Waals surface area contributed by atoms with Gasteiger partial charge in [0.05, 0.1) is 12.8 Å². The highest BCUT2D eigenvalue weighted by Crippen LogP contribution is 2.31. The van der Waals surface area contributed by atoms with Crippen LogP contribution in [0.2, 0.25) is 0 Å². The monoisotopic (exact) mass is 313 g/mol. The number of nitrogens with zero attached hydrogens (tertiary/aromatic N) is 4. The van der Waals surface area contributed by atoms with Crippen molar-refractivity contribution in [1.82, 2.24) is 14.9 Å². The van der Waals surface area contributed by atoms with Gasteiger partial charge in [-0.2, -0.15) is 0 Å². The summed E-state index contributed by atoms with van der Waals surface area (Å²) in [5, 5.41) is 3.20. The minimum absolute atomic E-state index is 0.565. The van der Waals surface area contributed by atoms with Crippen molar-refractivity contribution in [3.05, 3.63) is 36.7 Å². The SMILES string of the molecule is CCN1CCN(c2ccc(Nc3ncccn3)c(OC)c2)CC1. The first-order chi connectivity index (χ1) is 11.3. The Hall–Kier alpha value is -2.34. The average Bonchev–Trinajstić information content (AvgIpc) is 2.63. The number of piperazine rings is 1. The standard InChI is InChI=1S/C17H23N5O/c1-3-21-9-11-22(12-10-21)14-5-6-15(16(13-14)23-2)20-17-18-7-4-8-19-17/h4-8,13H,3,9-12H2,1-2H3,(H,18,19,20). The van der Waals surface area contributed by atoms with E-state index in [4.69, 9.17) is 4.74 Å². The molecule has 0 amide bonds. The Kier molecular flexibility index (Phi) is 4.92. The quantitative estimate of drug-likeness (QED) is 0.914. The van der Waals surface area contributed by atoms with Crippen molar-refractivity contribution in [2.24, 2.45) is 0 Å². The van der Waals surface area contributed by atoms with Crippen LogP contribution in [0.5, 0.6) is 5.75 Å². The van der Waals surface area contributed by atoms with E-state index in [9.17, 15) is 0 Å². The Morgan fingerprint density at radius 2 is 1.87 bits per heavy atom. The van der Waals surface area contributed by atoms with Gasteiger partial charge >= 0.3 is 0 Å². The summed E-state index contributed by atoms with van der Waals surface area (Å²) < 4.78 is 5.54. The summed E-state index contributed by atoms with van der Waals surface area (Å²) in [5.41, 5.74) is 2.06. The molecule has 1 fully saturated rings. The van der Waals surface area contributed by atoms with Gasteiger partial charge in [0.15, 0.2) is 0 Å². The van der Waals surface area contributed by atoms with E-state index < -0.39 is 0 Å². The fourth-order valence-corrected chi connectivity index (χ4v) is 2.79. The van der Waals surface area contributed by atoms with E-state index in [2.05, 4.69) is 44.1 Å². The van der Waals surface area contributed by atoms with Crippen molar-refractivity contribution in [2.45, 2.75) is 6.92 Å². The topological polar surface area (TPSA) is 53.5 Å². The second-order valence-electron chi connectivity index (χ2n) is 5.50. The molecule has 3 rings (SSSR count). The largest absolute Gasteiger partial charge is 0.494 e. The Morgan fingerprint density at radius 3 is 2.52 bits per heavy atom. The lowest BCUT2D eigenvalue weighted by Gasteiger charge is -2.35. The van der Waals surface area contributed by atoms with E-state index in [1.165, 1.54) is 5.69 Å². The normalized spacial score (nSPS) is 15.5. The van der Waals surface area contributed by atoms with Crippen LogP contribution in [0.15, 0.2) is 36.7 Å². The molecule has 1 aromatic carbocycles. The van der Waals surface area contributed by atoms with Crippen molar-refractivity contribution in [3.8, 4) is 5.75 Å². The summed E-state index contributed by atoms with van der Waals surface area (Å²) in [5.74, 6) is 1.36. The molecule has 0 bridgehead atoms. The summed E-state index contributed by atoms with van der Waals surface area (Å²) in [4.78, 5) is 13.2. The summed E-state index contributed by atoms with van der Waals surface area (Å²) in [6.45, 7) is 7.65. The smallest absolute Gasteiger partial charge is 0.227 e. The molecule has 0 saturated carbocycles. The number of nitrogens with one attached hydrogen (secondary N) is 1. The van der Waals surface area contributed by atoms with Crippen LogP contribution in [0, 0.1) is 0 Å². The number of hydrogen-bond acceptors (Lipinski definition) is 6. The zero-order valence-corrected chi connectivity index (χ0v) is 13.7. The first-order valence-corrected chi connectivity index (χ1v) is 7.99. The molecule has 1 saturated heterocycles. The van der Waals surface area contributed by atoms with E-state index in [1.807, 2.05) is 6.07 Å². The zero-order chi connectivity index (χ0) is 16.1. The fourth-order valence-electron chi connectivity index (χ4n) is 2.79. The highest BCUT2D eigenvalue weighted by atomic mass is 16.5. The van der Waals surface area contributed by atoms with Gasteiger partial charge < -0.3 is 19.9 Å². The number of likely N-dealkylation sites (N-methyl/N-ethyl adjacent to an activating group) is 1. The lowest BCUT2D eigenvalue weighted by atomic mass is 10.2. The van der Waals surface area contributed by atoms with Gasteiger partial charge in [-0.05, 0) is 24.7 Å². The molecule has 6 nitrogen and oxygen atoms in total. The van der Waals surface area contributed by atoms with Gasteiger partial charge in [-0.15, -0.1) is 0 Å². The first-order valence-electron chi connectivity index (χ1n) is 7.99. The Morgan fingerprint density at radius 1 is 1.13 bits per heavy atom. The van der Waals surface area contributed by atoms with Gasteiger partial charge in [0, 0.05) is 50.3 Å². The number of aromatic nitrogens is 2. The molecule has 6 heteroatoms. The number of benzene rings is 1. The molecule has 0 unspecified atom stereocenters. The first kappa shape index (κ1) is 15.6. The van der Waals surface area contributed by atoms with Crippen LogP contribution in [0.4, 0.5) is 17.3 Å². The van der Waals surface area contributed by atoms with Crippen molar-refractivity contribution < 1.29 is 4.74 Å². The van der Waals surface area contributed by atoms with E-state index in [1.54, 1.807) is 25.6 Å². The summed E-state index contributed by atoms with van der Waals surface area (Å²) in [7, 11) is 1.69. The number of hydrogen-bond donors (Lipinski definition) is 1. The van der Waals surface area contributed by atoms with Crippen molar-refractivity contribution >= 4 is 17.3 Å². The van der Waals surface area contributed by atoms with Gasteiger partial charge in [0.1, 0.15) is 5.75 Å². The molecule has 1 aromatic heterocycles. The molecule has 23 heavy (non-hydrogen) atoms. The number of anilines is 3. The maximum absolute atomic E-state index is 5.54. The molecular formula is C17H23N5O. The van der Waals surface area contributed by atoms with Crippen LogP contribution in [0.3, 0.4) is 0 Å². The zero-order valence-electron chi connectivity index (χ0n) is 13.7. The Labute approximate surface area is 137 Å². The number of rotatable bonds is 5. The summed E-state index contributed by atoms with van der Waals surface area (Å²) in [6.07, 6.45) is 3.42. The van der Waals surface area contributed by atoms with Crippen molar-refractivity contribution in [3.63, 3.8) is 0 Å². The Balaban J connectivity index is 1.74. The van der Waals surface area contributed by atoms with E-state index in [0.717, 1.165) is 44.2 Å². The number of methoxy groups -OCH3 is 1. The van der Waals surface area contributed by atoms with Gasteiger partial charge in [-0.3, -0.25) is 0 Å². The summed E-state index contributed by atoms with van der Waals surface area (Å²) >= 11 is 0. The minimum atomic E-state index is 0.565. The molecule has 0 radical (unpaired) electrons. The molecule has 0 atom stereocenters. The maximum Gasteiger partial charge on any atom is 0.227 e. The lowest BCUT2D eigenvalue weighted by Crippen LogP contribution is -2.46. The minimum Gasteiger partial charge on any atom is -0.494 e. The average molecular weight is 313 g/mol. The molecule has 122 valence electrons. The Bertz CT molecular complexity index is 626. The highest BCUT2D eigenvalue weighted by molar-refractivity contribution is 5.68. The lowest BCUT2D eigenvalue weighted by molar-refractivity contribution is 0.271. The van der Waals surface area contributed by atoms with Crippen molar-refractivity contribution in [2.75, 3.05) is 50.1 Å². The van der Waals surface area contributed by atoms with Crippen LogP contribution >= 0.6 is 0 Å². The third kappa shape index (κ3) is 3.71. The van der Waals surface area contributed by atoms with Gasteiger partial charge in [-0.1, -0.05) is 6.92 Å². The maximum atomic E-state index is 5.54. The van der Waals surface area contributed by atoms with E-state index in [0.29, 0.717) is 5.95 Å². The molecule has 0 aliphatic carbocycles. The number of ether oxygens (including phenoxy) is 1. The summed E-state index contributed by atoms with van der Waals surface area (Å²) in [6, 6.07) is 8.01. The molecule has 2 aromatic rings. The van der Waals surface area contributed by atoms with Crippen LogP contribution in [0.25, 0.3) is 0 Å². The van der Waals surface area contributed by atoms with Crippen LogP contribution in [-0.2, 0) is 0 Å². The molecule has 2 heterocycles. The van der Waals surface area contributed by atoms with Crippen molar-refractivity contribution in [1.29, 1.82) is 0 Å². The predicted octanol–water partition coefficient (Wildman–Crippen LogP) is 2.37. The highest BCUT2D eigenvalue weighted by Gasteiger charge is 2.17. The molecular weight excluding hydrogens is 290 g/mol. The molecule has 1 aliphatic heterocycles. The van der Waals surface area contributed by atoms with Crippen LogP contribution < -0.4 is 15.0 Å². The third-order valence-corrected chi connectivity index (χ3v) is 4.18. The predicted molar refractivity (Wildman–Crippen MR) is 92.6 cm³/mol. The van der Waals surface area contributed by atoms with E-state index >= 15 is 0 Å². The second kappa shape index (κ2) is 7.28. The fraction of sp³-hybridized carbons (Fsp3) is 0.412. The van der Waals surface area contributed by atoms with E-state index in [-0.39, 0.29) is 0 Å². The molecule has 1 N–H and O–H groups in total. The molecule has 0 spiro atoms. The van der Waals surface area contributed by atoms with Crippen LogP contribution in [0.1, 0.15) is 6.92 Å². The van der Waals surface area contributed by atoms with Gasteiger partial charge in [-0.25, -0.2) is 9.97 Å². The van der Waals surface area contributed by atoms with Gasteiger partial charge in [0.25, 0.3) is 0 Å². The van der Waals surface area contributed by atoms with Crippen LogP contribution in [-0.4, -0.2) is 54.7 Å². The second-order valence-corrected chi connectivity index (χ2v) is 5.50. The molecule has 1 aliphatic rings. The third-order valence-electron chi connectivity index (χ3n) is 4.18.